The molecule has 0 aliphatic heterocycles. The summed E-state index contributed by atoms with van der Waals surface area (Å²) in [5.41, 5.74) is 10.4. The zero-order chi connectivity index (χ0) is 14.1. The Morgan fingerprint density at radius 2 is 1.95 bits per heavy atom. The average molecular weight is 284 g/mol. The Kier molecular flexibility index (Phi) is 3.32. The van der Waals surface area contributed by atoms with Crippen molar-refractivity contribution in [2.45, 2.75) is 20.3 Å². The topological polar surface area (TPSA) is 52.0 Å². The van der Waals surface area contributed by atoms with Gasteiger partial charge in [0, 0.05) is 0 Å². The third-order valence-electron chi connectivity index (χ3n) is 3.39. The molecule has 0 radical (unpaired) electrons. The molecule has 102 valence electrons. The zero-order valence-electron chi connectivity index (χ0n) is 11.5. The molecular formula is C16H16N2OS. The minimum atomic E-state index is 0.444. The third-order valence-corrected chi connectivity index (χ3v) is 4.35. The van der Waals surface area contributed by atoms with Gasteiger partial charge in [-0.25, -0.2) is 0 Å². The molecule has 0 aliphatic rings. The summed E-state index contributed by atoms with van der Waals surface area (Å²) in [4.78, 5) is 1.12. The number of rotatable bonds is 3. The number of thiophene rings is 1. The number of nitrogens with zero attached hydrogens (tertiary/aromatic N) is 1. The minimum absolute atomic E-state index is 0.444. The van der Waals surface area contributed by atoms with Gasteiger partial charge in [-0.3, -0.25) is 0 Å². The van der Waals surface area contributed by atoms with E-state index in [1.54, 1.807) is 11.3 Å². The molecule has 1 aromatic carbocycles. The van der Waals surface area contributed by atoms with Crippen LogP contribution in [0.5, 0.6) is 0 Å². The molecule has 0 amide bonds. The maximum Gasteiger partial charge on any atom is 0.187 e. The van der Waals surface area contributed by atoms with Crippen molar-refractivity contribution in [2.75, 3.05) is 5.73 Å². The fourth-order valence-corrected chi connectivity index (χ4v) is 3.25. The van der Waals surface area contributed by atoms with Crippen LogP contribution in [-0.2, 0) is 6.42 Å². The lowest BCUT2D eigenvalue weighted by Crippen LogP contribution is -1.89. The van der Waals surface area contributed by atoms with Gasteiger partial charge in [0.2, 0.25) is 0 Å². The molecule has 3 nitrogen and oxygen atoms in total. The van der Waals surface area contributed by atoms with E-state index in [1.807, 2.05) is 0 Å². The SMILES string of the molecule is CCc1ccsc1-c1onc(N)c1-c1ccc(C)cc1. The Labute approximate surface area is 122 Å². The summed E-state index contributed by atoms with van der Waals surface area (Å²) in [6, 6.07) is 10.4. The van der Waals surface area contributed by atoms with Crippen molar-refractivity contribution in [3.8, 4) is 21.8 Å². The van der Waals surface area contributed by atoms with Crippen LogP contribution in [-0.4, -0.2) is 5.16 Å². The summed E-state index contributed by atoms with van der Waals surface area (Å²) in [5.74, 6) is 1.22. The summed E-state index contributed by atoms with van der Waals surface area (Å²) >= 11 is 1.66. The van der Waals surface area contributed by atoms with Crippen LogP contribution in [0.25, 0.3) is 21.8 Å². The van der Waals surface area contributed by atoms with Gasteiger partial charge >= 0.3 is 0 Å². The molecule has 3 rings (SSSR count). The maximum atomic E-state index is 6.01. The van der Waals surface area contributed by atoms with Crippen LogP contribution in [0, 0.1) is 6.92 Å². The van der Waals surface area contributed by atoms with Crippen molar-refractivity contribution < 1.29 is 4.52 Å². The number of hydrogen-bond donors (Lipinski definition) is 1. The fraction of sp³-hybridized carbons (Fsp3) is 0.188. The van der Waals surface area contributed by atoms with Crippen molar-refractivity contribution in [3.63, 3.8) is 0 Å². The van der Waals surface area contributed by atoms with Gasteiger partial charge in [0.05, 0.1) is 10.4 Å². The van der Waals surface area contributed by atoms with E-state index in [1.165, 1.54) is 11.1 Å². The van der Waals surface area contributed by atoms with Gasteiger partial charge in [0.1, 0.15) is 0 Å². The first-order valence-corrected chi connectivity index (χ1v) is 7.47. The van der Waals surface area contributed by atoms with Gasteiger partial charge in [-0.15, -0.1) is 11.3 Å². The second-order valence-electron chi connectivity index (χ2n) is 4.77. The zero-order valence-corrected chi connectivity index (χ0v) is 12.3. The van der Waals surface area contributed by atoms with Crippen molar-refractivity contribution in [2.24, 2.45) is 0 Å². The summed E-state index contributed by atoms with van der Waals surface area (Å²) in [7, 11) is 0. The molecule has 0 spiro atoms. The highest BCUT2D eigenvalue weighted by Gasteiger charge is 2.20. The molecule has 3 aromatic rings. The van der Waals surface area contributed by atoms with Crippen molar-refractivity contribution >= 4 is 17.2 Å². The van der Waals surface area contributed by atoms with Crippen LogP contribution in [0.3, 0.4) is 0 Å². The lowest BCUT2D eigenvalue weighted by molar-refractivity contribution is 0.436. The van der Waals surface area contributed by atoms with Crippen molar-refractivity contribution in [1.29, 1.82) is 0 Å². The third kappa shape index (κ3) is 2.12. The van der Waals surface area contributed by atoms with E-state index in [0.717, 1.165) is 28.2 Å². The van der Waals surface area contributed by atoms with Crippen LogP contribution in [0.4, 0.5) is 5.82 Å². The van der Waals surface area contributed by atoms with E-state index in [9.17, 15) is 0 Å². The molecule has 0 bridgehead atoms. The molecule has 0 atom stereocenters. The Morgan fingerprint density at radius 3 is 2.65 bits per heavy atom. The lowest BCUT2D eigenvalue weighted by Gasteiger charge is -2.03. The Balaban J connectivity index is 2.17. The summed E-state index contributed by atoms with van der Waals surface area (Å²) in [6.07, 6.45) is 0.965. The molecule has 0 unspecified atom stereocenters. The fourth-order valence-electron chi connectivity index (χ4n) is 2.27. The first-order chi connectivity index (χ1) is 9.70. The monoisotopic (exact) mass is 284 g/mol. The second kappa shape index (κ2) is 5.13. The Morgan fingerprint density at radius 1 is 1.20 bits per heavy atom. The molecule has 4 heteroatoms. The van der Waals surface area contributed by atoms with Crippen LogP contribution in [0.2, 0.25) is 0 Å². The van der Waals surface area contributed by atoms with Gasteiger partial charge in [-0.05, 0) is 35.9 Å². The Bertz CT molecular complexity index is 725. The number of nitrogen functional groups attached to an aromatic ring is 1. The molecule has 0 aliphatic carbocycles. The quantitative estimate of drug-likeness (QED) is 0.769. The van der Waals surface area contributed by atoms with Gasteiger partial charge < -0.3 is 10.3 Å². The van der Waals surface area contributed by atoms with Gasteiger partial charge in [0.25, 0.3) is 0 Å². The molecule has 2 N–H and O–H groups in total. The van der Waals surface area contributed by atoms with E-state index < -0.39 is 0 Å². The lowest BCUT2D eigenvalue weighted by atomic mass is 10.0. The first-order valence-electron chi connectivity index (χ1n) is 6.59. The van der Waals surface area contributed by atoms with Crippen molar-refractivity contribution in [1.82, 2.24) is 5.16 Å². The van der Waals surface area contributed by atoms with Crippen LogP contribution < -0.4 is 5.73 Å². The normalized spacial score (nSPS) is 10.9. The molecule has 0 saturated carbocycles. The predicted octanol–water partition coefficient (Wildman–Crippen LogP) is 4.52. The van der Waals surface area contributed by atoms with Gasteiger partial charge in [-0.1, -0.05) is 41.9 Å². The minimum Gasteiger partial charge on any atom is -0.380 e. The molecular weight excluding hydrogens is 268 g/mol. The highest BCUT2D eigenvalue weighted by atomic mass is 32.1. The number of nitrogens with two attached hydrogens (primary N) is 1. The van der Waals surface area contributed by atoms with Crippen LogP contribution >= 0.6 is 11.3 Å². The van der Waals surface area contributed by atoms with Crippen LogP contribution in [0.15, 0.2) is 40.2 Å². The first kappa shape index (κ1) is 12.9. The smallest absolute Gasteiger partial charge is 0.187 e. The maximum absolute atomic E-state index is 6.01. The van der Waals surface area contributed by atoms with Crippen molar-refractivity contribution in [3.05, 3.63) is 46.8 Å². The standard InChI is InChI=1S/C16H16N2OS/c1-3-11-8-9-20-15(11)14-13(16(17)18-19-14)12-6-4-10(2)5-7-12/h4-9H,3H2,1-2H3,(H2,17,18). The summed E-state index contributed by atoms with van der Waals surface area (Å²) in [5, 5.41) is 6.03. The van der Waals surface area contributed by atoms with Gasteiger partial charge in [0.15, 0.2) is 11.6 Å². The average Bonchev–Trinajstić information content (AvgIpc) is 3.05. The molecule has 2 heterocycles. The van der Waals surface area contributed by atoms with Gasteiger partial charge in [-0.2, -0.15) is 0 Å². The molecule has 20 heavy (non-hydrogen) atoms. The Hall–Kier alpha value is -2.07. The number of aryl methyl sites for hydroxylation is 2. The summed E-state index contributed by atoms with van der Waals surface area (Å²) in [6.45, 7) is 4.20. The molecule has 0 fully saturated rings. The number of hydrogen-bond acceptors (Lipinski definition) is 4. The van der Waals surface area contributed by atoms with E-state index in [-0.39, 0.29) is 0 Å². The highest BCUT2D eigenvalue weighted by Crippen LogP contribution is 2.40. The van der Waals surface area contributed by atoms with Crippen LogP contribution in [0.1, 0.15) is 18.1 Å². The highest BCUT2D eigenvalue weighted by molar-refractivity contribution is 7.13. The number of benzene rings is 1. The van der Waals surface area contributed by atoms with E-state index >= 15 is 0 Å². The second-order valence-corrected chi connectivity index (χ2v) is 5.68. The van der Waals surface area contributed by atoms with E-state index in [4.69, 9.17) is 10.3 Å². The number of aromatic nitrogens is 1. The molecule has 2 aromatic heterocycles. The van der Waals surface area contributed by atoms with E-state index in [0.29, 0.717) is 5.82 Å². The van der Waals surface area contributed by atoms with E-state index in [2.05, 4.69) is 54.7 Å². The number of anilines is 1. The largest absolute Gasteiger partial charge is 0.380 e. The summed E-state index contributed by atoms with van der Waals surface area (Å²) < 4.78 is 5.50. The molecule has 0 saturated heterocycles. The predicted molar refractivity (Wildman–Crippen MR) is 83.8 cm³/mol.